The van der Waals surface area contributed by atoms with Gasteiger partial charge >= 0.3 is 12.1 Å². The van der Waals surface area contributed by atoms with Crippen molar-refractivity contribution in [2.45, 2.75) is 32.1 Å². The van der Waals surface area contributed by atoms with Crippen molar-refractivity contribution in [1.29, 1.82) is 0 Å². The van der Waals surface area contributed by atoms with E-state index in [0.29, 0.717) is 32.0 Å². The van der Waals surface area contributed by atoms with Crippen LogP contribution in [0.4, 0.5) is 30.5 Å². The van der Waals surface area contributed by atoms with E-state index in [-0.39, 0.29) is 11.9 Å². The number of hydrogen-bond acceptors (Lipinski definition) is 7. The molecule has 2 aliphatic heterocycles. The fraction of sp³-hybridized carbons (Fsp3) is 0.333. The van der Waals surface area contributed by atoms with Gasteiger partial charge < -0.3 is 20.1 Å². The number of halogens is 3. The van der Waals surface area contributed by atoms with Gasteiger partial charge in [-0.25, -0.2) is 14.8 Å². The highest BCUT2D eigenvalue weighted by molar-refractivity contribution is 6.07. The minimum absolute atomic E-state index is 0.0336. The van der Waals surface area contributed by atoms with Gasteiger partial charge in [0.1, 0.15) is 18.1 Å². The Bertz CT molecular complexity index is 1280. The van der Waals surface area contributed by atoms with Gasteiger partial charge in [0.05, 0.1) is 19.8 Å². The monoisotopic (exact) mass is 543 g/mol. The van der Waals surface area contributed by atoms with Gasteiger partial charge in [0.15, 0.2) is 11.6 Å². The molecular formula is C27H28F3N5O4. The average molecular weight is 544 g/mol. The molecular weight excluding hydrogens is 515 g/mol. The molecule has 2 aliphatic rings. The summed E-state index contributed by atoms with van der Waals surface area (Å²) in [5.74, 6) is -1.24. The fourth-order valence-electron chi connectivity index (χ4n) is 4.28. The molecule has 1 fully saturated rings. The second-order valence-corrected chi connectivity index (χ2v) is 9.09. The van der Waals surface area contributed by atoms with Crippen LogP contribution in [-0.4, -0.2) is 65.5 Å². The molecule has 12 heteroatoms. The zero-order valence-corrected chi connectivity index (χ0v) is 21.2. The maximum Gasteiger partial charge on any atom is 0.490 e. The van der Waals surface area contributed by atoms with Crippen molar-refractivity contribution in [3.05, 3.63) is 77.6 Å². The first-order valence-corrected chi connectivity index (χ1v) is 12.3. The smallest absolute Gasteiger partial charge is 0.475 e. The average Bonchev–Trinajstić information content (AvgIpc) is 2.92. The van der Waals surface area contributed by atoms with Crippen LogP contribution in [0.2, 0.25) is 0 Å². The predicted molar refractivity (Wildman–Crippen MR) is 139 cm³/mol. The van der Waals surface area contributed by atoms with Crippen molar-refractivity contribution in [2.75, 3.05) is 41.4 Å². The lowest BCUT2D eigenvalue weighted by molar-refractivity contribution is -0.192. The lowest BCUT2D eigenvalue weighted by Gasteiger charge is -2.38. The zero-order valence-electron chi connectivity index (χ0n) is 21.2. The van der Waals surface area contributed by atoms with Gasteiger partial charge in [-0.1, -0.05) is 60.2 Å². The molecule has 5 rings (SSSR count). The molecule has 3 aromatic rings. The van der Waals surface area contributed by atoms with Crippen LogP contribution in [0.3, 0.4) is 0 Å². The van der Waals surface area contributed by atoms with E-state index < -0.39 is 12.1 Å². The van der Waals surface area contributed by atoms with Crippen LogP contribution < -0.4 is 15.1 Å². The minimum Gasteiger partial charge on any atom is -0.475 e. The lowest BCUT2D eigenvalue weighted by atomic mass is 10.0. The maximum atomic E-state index is 13.8. The summed E-state index contributed by atoms with van der Waals surface area (Å²) in [5, 5.41) is 10.5. The molecule has 1 atom stereocenters. The van der Waals surface area contributed by atoms with E-state index in [0.717, 1.165) is 35.7 Å². The van der Waals surface area contributed by atoms with Crippen LogP contribution in [0.25, 0.3) is 0 Å². The Morgan fingerprint density at radius 3 is 2.31 bits per heavy atom. The van der Waals surface area contributed by atoms with E-state index in [2.05, 4.69) is 51.4 Å². The summed E-state index contributed by atoms with van der Waals surface area (Å²) in [4.78, 5) is 35.8. The van der Waals surface area contributed by atoms with Gasteiger partial charge in [-0.2, -0.15) is 13.2 Å². The third-order valence-electron chi connectivity index (χ3n) is 6.25. The largest absolute Gasteiger partial charge is 0.490 e. The van der Waals surface area contributed by atoms with E-state index in [1.807, 2.05) is 35.2 Å². The Balaban J connectivity index is 0.000000448. The topological polar surface area (TPSA) is 108 Å². The first-order chi connectivity index (χ1) is 18.6. The number of carboxylic acids is 1. The number of aliphatic carboxylic acids is 1. The summed E-state index contributed by atoms with van der Waals surface area (Å²) < 4.78 is 37.3. The zero-order chi connectivity index (χ0) is 28.0. The molecule has 39 heavy (non-hydrogen) atoms. The van der Waals surface area contributed by atoms with Gasteiger partial charge in [0, 0.05) is 19.5 Å². The number of fused-ring (bicyclic) bond motifs is 1. The quantitative estimate of drug-likeness (QED) is 0.500. The second kappa shape index (κ2) is 12.1. The minimum atomic E-state index is -5.08. The number of amides is 1. The first-order valence-electron chi connectivity index (χ1n) is 12.3. The summed E-state index contributed by atoms with van der Waals surface area (Å²) in [5.41, 5.74) is 4.14. The van der Waals surface area contributed by atoms with Crippen molar-refractivity contribution in [3.63, 3.8) is 0 Å². The van der Waals surface area contributed by atoms with Crippen LogP contribution in [0.5, 0.6) is 0 Å². The highest BCUT2D eigenvalue weighted by atomic mass is 19.4. The SMILES string of the molecule is Cc1ccc(CN2C(=O)C(Cc3ccccc3)Nc3ncnc(N4CCOCC4)c32)cc1.O=C(O)C(F)(F)F. The Kier molecular flexibility index (Phi) is 8.65. The third-order valence-corrected chi connectivity index (χ3v) is 6.25. The van der Waals surface area contributed by atoms with Crippen molar-refractivity contribution in [1.82, 2.24) is 9.97 Å². The van der Waals surface area contributed by atoms with Gasteiger partial charge in [-0.05, 0) is 18.1 Å². The van der Waals surface area contributed by atoms with E-state index in [1.54, 1.807) is 6.33 Å². The fourth-order valence-corrected chi connectivity index (χ4v) is 4.28. The Morgan fingerprint density at radius 2 is 1.69 bits per heavy atom. The van der Waals surface area contributed by atoms with Gasteiger partial charge in [-0.15, -0.1) is 0 Å². The van der Waals surface area contributed by atoms with Crippen molar-refractivity contribution >= 4 is 29.2 Å². The number of benzene rings is 2. The number of nitrogens with one attached hydrogen (secondary N) is 1. The number of alkyl halides is 3. The van der Waals surface area contributed by atoms with Gasteiger partial charge in [0.25, 0.3) is 0 Å². The summed E-state index contributed by atoms with van der Waals surface area (Å²) in [6.45, 7) is 5.31. The van der Waals surface area contributed by atoms with Crippen LogP contribution >= 0.6 is 0 Å². The second-order valence-electron chi connectivity index (χ2n) is 9.09. The Morgan fingerprint density at radius 1 is 1.05 bits per heavy atom. The third kappa shape index (κ3) is 7.02. The molecule has 1 unspecified atom stereocenters. The molecule has 1 saturated heterocycles. The Hall–Kier alpha value is -4.19. The molecule has 0 aliphatic carbocycles. The molecule has 2 aromatic carbocycles. The molecule has 0 saturated carbocycles. The molecule has 9 nitrogen and oxygen atoms in total. The Labute approximate surface area is 223 Å². The highest BCUT2D eigenvalue weighted by Gasteiger charge is 2.38. The van der Waals surface area contributed by atoms with Crippen LogP contribution in [0, 0.1) is 6.92 Å². The van der Waals surface area contributed by atoms with Crippen molar-refractivity contribution < 1.29 is 32.6 Å². The van der Waals surface area contributed by atoms with E-state index in [9.17, 15) is 18.0 Å². The van der Waals surface area contributed by atoms with Crippen molar-refractivity contribution in [3.8, 4) is 0 Å². The molecule has 3 heterocycles. The molecule has 2 N–H and O–H groups in total. The lowest BCUT2D eigenvalue weighted by Crippen LogP contribution is -2.49. The molecule has 0 spiro atoms. The maximum absolute atomic E-state index is 13.8. The molecule has 0 bridgehead atoms. The van der Waals surface area contributed by atoms with E-state index in [1.165, 1.54) is 5.56 Å². The number of rotatable bonds is 5. The normalized spacial score (nSPS) is 17.0. The number of morpholine rings is 1. The first kappa shape index (κ1) is 27.8. The van der Waals surface area contributed by atoms with Gasteiger partial charge in [0.2, 0.25) is 5.91 Å². The standard InChI is InChI=1S/C25H27N5O2.C2HF3O2/c1-18-7-9-20(10-8-18)16-30-22-23(26-17-27-24(22)29-11-13-32-14-12-29)28-21(25(30)31)15-19-5-3-2-4-6-19;3-2(4,5)1(6)7/h2-10,17,21H,11-16H2,1H3,(H,26,27,28);(H,6,7). The van der Waals surface area contributed by atoms with Crippen molar-refractivity contribution in [2.24, 2.45) is 0 Å². The van der Waals surface area contributed by atoms with E-state index in [4.69, 9.17) is 14.6 Å². The summed E-state index contributed by atoms with van der Waals surface area (Å²) >= 11 is 0. The number of aryl methyl sites for hydroxylation is 1. The molecule has 1 aromatic heterocycles. The number of hydrogen-bond donors (Lipinski definition) is 2. The van der Waals surface area contributed by atoms with Gasteiger partial charge in [-0.3, -0.25) is 9.69 Å². The number of nitrogens with zero attached hydrogens (tertiary/aromatic N) is 4. The number of anilines is 3. The number of ether oxygens (including phenoxy) is 1. The molecule has 206 valence electrons. The number of carboxylic acid groups (broad SMARTS) is 1. The summed E-state index contributed by atoms with van der Waals surface area (Å²) in [6.07, 6.45) is -2.91. The molecule has 1 amide bonds. The van der Waals surface area contributed by atoms with Crippen LogP contribution in [-0.2, 0) is 27.3 Å². The summed E-state index contributed by atoms with van der Waals surface area (Å²) in [6, 6.07) is 18.0. The number of carbonyl (C=O) groups excluding carboxylic acids is 1. The summed E-state index contributed by atoms with van der Waals surface area (Å²) in [7, 11) is 0. The molecule has 0 radical (unpaired) electrons. The number of carbonyl (C=O) groups is 2. The van der Waals surface area contributed by atoms with Crippen LogP contribution in [0.15, 0.2) is 60.9 Å². The van der Waals surface area contributed by atoms with Crippen LogP contribution in [0.1, 0.15) is 16.7 Å². The number of aromatic nitrogens is 2. The van der Waals surface area contributed by atoms with E-state index >= 15 is 0 Å². The highest BCUT2D eigenvalue weighted by Crippen LogP contribution is 2.39. The predicted octanol–water partition coefficient (Wildman–Crippen LogP) is 3.82.